The van der Waals surface area contributed by atoms with E-state index in [-0.39, 0.29) is 12.2 Å². The van der Waals surface area contributed by atoms with E-state index in [0.717, 1.165) is 19.3 Å². The van der Waals surface area contributed by atoms with Crippen molar-refractivity contribution >= 4 is 28.7 Å². The second-order valence-corrected chi connectivity index (χ2v) is 6.37. The third-order valence-electron chi connectivity index (χ3n) is 2.90. The second-order valence-electron chi connectivity index (χ2n) is 4.41. The zero-order chi connectivity index (χ0) is 12.0. The number of halogens is 1. The van der Waals surface area contributed by atoms with E-state index in [2.05, 4.69) is 36.4 Å². The molecular weight excluding hydrogens is 319 g/mol. The first-order valence-electron chi connectivity index (χ1n) is 6.14. The van der Waals surface area contributed by atoms with E-state index in [1.807, 2.05) is 0 Å². The van der Waals surface area contributed by atoms with Crippen LogP contribution in [0.1, 0.15) is 52.4 Å². The summed E-state index contributed by atoms with van der Waals surface area (Å²) in [4.78, 5) is 11.2. The largest absolute Gasteiger partial charge is 0.508 e. The minimum Gasteiger partial charge on any atom is -0.431 e. The van der Waals surface area contributed by atoms with Gasteiger partial charge in [0.1, 0.15) is 12.2 Å². The zero-order valence-electron chi connectivity index (χ0n) is 10.1. The molecule has 0 unspecified atom stereocenters. The van der Waals surface area contributed by atoms with E-state index < -0.39 is 6.16 Å². The lowest BCUT2D eigenvalue weighted by atomic mass is 10.0. The van der Waals surface area contributed by atoms with Gasteiger partial charge in [-0.05, 0) is 19.8 Å². The highest BCUT2D eigenvalue weighted by Crippen LogP contribution is 2.25. The summed E-state index contributed by atoms with van der Waals surface area (Å²) in [6.07, 6.45) is 6.32. The van der Waals surface area contributed by atoms with Crippen LogP contribution in [-0.2, 0) is 9.47 Å². The predicted molar refractivity (Wildman–Crippen MR) is 72.0 cm³/mol. The molecule has 1 rings (SSSR count). The number of hydrogen-bond acceptors (Lipinski definition) is 3. The fourth-order valence-corrected chi connectivity index (χ4v) is 2.34. The molecule has 0 radical (unpaired) electrons. The fourth-order valence-electron chi connectivity index (χ4n) is 1.90. The number of carbonyl (C=O) groups is 1. The minimum absolute atomic E-state index is 0.0259. The molecule has 16 heavy (non-hydrogen) atoms. The number of ether oxygens (including phenoxy) is 2. The van der Waals surface area contributed by atoms with Crippen molar-refractivity contribution in [2.24, 2.45) is 0 Å². The quantitative estimate of drug-likeness (QED) is 0.316. The summed E-state index contributed by atoms with van der Waals surface area (Å²) in [5, 5.41) is 0. The molecule has 1 heterocycles. The predicted octanol–water partition coefficient (Wildman–Crippen LogP) is 4.07. The number of carbonyl (C=O) groups excluding carboxylic acids is 1. The number of rotatable bonds is 6. The molecule has 0 aromatic heterocycles. The van der Waals surface area contributed by atoms with Gasteiger partial charge in [0.25, 0.3) is 0 Å². The molecule has 3 atom stereocenters. The summed E-state index contributed by atoms with van der Waals surface area (Å²) in [6, 6.07) is 0. The molecule has 0 saturated carbocycles. The number of unbranched alkanes of at least 4 members (excludes halogenated alkanes) is 3. The van der Waals surface area contributed by atoms with Crippen LogP contribution >= 0.6 is 22.6 Å². The summed E-state index contributed by atoms with van der Waals surface area (Å²) in [5.41, 5.74) is 0. The van der Waals surface area contributed by atoms with Crippen LogP contribution in [-0.4, -0.2) is 22.3 Å². The van der Waals surface area contributed by atoms with Crippen molar-refractivity contribution in [3.63, 3.8) is 0 Å². The molecule has 0 bridgehead atoms. The molecule has 1 fully saturated rings. The monoisotopic (exact) mass is 340 g/mol. The van der Waals surface area contributed by atoms with Crippen LogP contribution in [0.3, 0.4) is 0 Å². The van der Waals surface area contributed by atoms with E-state index in [1.165, 1.54) is 19.3 Å². The molecule has 0 spiro atoms. The lowest BCUT2D eigenvalue weighted by molar-refractivity contribution is -0.0601. The maximum absolute atomic E-state index is 11.2. The lowest BCUT2D eigenvalue weighted by Crippen LogP contribution is -2.38. The number of cyclic esters (lactones) is 2. The van der Waals surface area contributed by atoms with E-state index in [0.29, 0.717) is 3.92 Å². The van der Waals surface area contributed by atoms with Crippen molar-refractivity contribution in [1.82, 2.24) is 0 Å². The SMILES string of the molecule is CCCCCC[C@@H]1C[C@H]([C@@H](C)I)OC(=O)O1. The summed E-state index contributed by atoms with van der Waals surface area (Å²) in [7, 11) is 0. The van der Waals surface area contributed by atoms with E-state index in [4.69, 9.17) is 9.47 Å². The van der Waals surface area contributed by atoms with Gasteiger partial charge in [0.05, 0.1) is 0 Å². The first-order valence-corrected chi connectivity index (χ1v) is 7.39. The lowest BCUT2D eigenvalue weighted by Gasteiger charge is -2.30. The Hall–Kier alpha value is 0. The van der Waals surface area contributed by atoms with E-state index >= 15 is 0 Å². The van der Waals surface area contributed by atoms with Gasteiger partial charge in [-0.2, -0.15) is 0 Å². The van der Waals surface area contributed by atoms with Crippen molar-refractivity contribution in [3.8, 4) is 0 Å². The Kier molecular flexibility index (Phi) is 6.46. The minimum atomic E-state index is -0.486. The average molecular weight is 340 g/mol. The Morgan fingerprint density at radius 1 is 1.38 bits per heavy atom. The van der Waals surface area contributed by atoms with Crippen molar-refractivity contribution in [2.45, 2.75) is 68.5 Å². The Balaban J connectivity index is 2.27. The van der Waals surface area contributed by atoms with Crippen LogP contribution in [0.25, 0.3) is 0 Å². The Morgan fingerprint density at radius 3 is 2.75 bits per heavy atom. The van der Waals surface area contributed by atoms with Crippen molar-refractivity contribution in [3.05, 3.63) is 0 Å². The maximum atomic E-state index is 11.2. The van der Waals surface area contributed by atoms with Crippen LogP contribution in [0.15, 0.2) is 0 Å². The molecule has 0 amide bonds. The average Bonchev–Trinajstić information content (AvgIpc) is 2.23. The molecule has 0 aromatic carbocycles. The van der Waals surface area contributed by atoms with Gasteiger partial charge in [0, 0.05) is 10.3 Å². The standard InChI is InChI=1S/C12H21IO3/c1-3-4-5-6-7-10-8-11(9(2)13)16-12(14)15-10/h9-11H,3-8H2,1-2H3/t9-,10-,11-/m1/s1. The highest BCUT2D eigenvalue weighted by Gasteiger charge is 2.31. The number of hydrogen-bond donors (Lipinski definition) is 0. The maximum Gasteiger partial charge on any atom is 0.508 e. The van der Waals surface area contributed by atoms with Crippen molar-refractivity contribution in [2.75, 3.05) is 0 Å². The molecule has 3 nitrogen and oxygen atoms in total. The van der Waals surface area contributed by atoms with Crippen molar-refractivity contribution in [1.29, 1.82) is 0 Å². The first kappa shape index (κ1) is 14.1. The molecule has 0 aromatic rings. The summed E-state index contributed by atoms with van der Waals surface area (Å²) >= 11 is 2.30. The molecule has 1 aliphatic rings. The normalized spacial score (nSPS) is 27.1. The van der Waals surface area contributed by atoms with E-state index in [9.17, 15) is 4.79 Å². The summed E-state index contributed by atoms with van der Waals surface area (Å²) in [5.74, 6) is 0. The molecule has 4 heteroatoms. The highest BCUT2D eigenvalue weighted by molar-refractivity contribution is 14.1. The van der Waals surface area contributed by atoms with Crippen LogP contribution in [0.5, 0.6) is 0 Å². The van der Waals surface area contributed by atoms with Gasteiger partial charge < -0.3 is 9.47 Å². The van der Waals surface area contributed by atoms with Crippen LogP contribution in [0.2, 0.25) is 0 Å². The second kappa shape index (κ2) is 7.35. The van der Waals surface area contributed by atoms with Gasteiger partial charge in [0.2, 0.25) is 0 Å². The fraction of sp³-hybridized carbons (Fsp3) is 0.917. The number of alkyl halides is 1. The Bertz CT molecular complexity index is 218. The third kappa shape index (κ3) is 4.89. The van der Waals surface area contributed by atoms with Gasteiger partial charge in [0.15, 0.2) is 0 Å². The molecule has 0 N–H and O–H groups in total. The summed E-state index contributed by atoms with van der Waals surface area (Å²) in [6.45, 7) is 4.26. The molecule has 1 aliphatic heterocycles. The van der Waals surface area contributed by atoms with E-state index in [1.54, 1.807) is 0 Å². The van der Waals surface area contributed by atoms with Gasteiger partial charge in [-0.3, -0.25) is 0 Å². The Labute approximate surface area is 111 Å². The molecule has 0 aliphatic carbocycles. The first-order chi connectivity index (χ1) is 7.63. The van der Waals surface area contributed by atoms with Gasteiger partial charge in [-0.15, -0.1) is 0 Å². The van der Waals surface area contributed by atoms with Crippen LogP contribution in [0, 0.1) is 0 Å². The Morgan fingerprint density at radius 2 is 2.12 bits per heavy atom. The molecular formula is C12H21IO3. The smallest absolute Gasteiger partial charge is 0.431 e. The van der Waals surface area contributed by atoms with Gasteiger partial charge in [-0.25, -0.2) is 4.79 Å². The zero-order valence-corrected chi connectivity index (χ0v) is 12.2. The van der Waals surface area contributed by atoms with Crippen LogP contribution in [0.4, 0.5) is 4.79 Å². The molecule has 94 valence electrons. The van der Waals surface area contributed by atoms with Gasteiger partial charge in [-0.1, -0.05) is 48.8 Å². The molecule has 1 saturated heterocycles. The summed E-state index contributed by atoms with van der Waals surface area (Å²) < 4.78 is 10.7. The highest BCUT2D eigenvalue weighted by atomic mass is 127. The topological polar surface area (TPSA) is 35.5 Å². The van der Waals surface area contributed by atoms with Crippen LogP contribution < -0.4 is 0 Å². The third-order valence-corrected chi connectivity index (χ3v) is 3.70. The van der Waals surface area contributed by atoms with Crippen molar-refractivity contribution < 1.29 is 14.3 Å². The van der Waals surface area contributed by atoms with Gasteiger partial charge >= 0.3 is 6.16 Å².